The third kappa shape index (κ3) is 7.02. The lowest BCUT2D eigenvalue weighted by atomic mass is 10.1. The quantitative estimate of drug-likeness (QED) is 0.177. The molecule has 0 bridgehead atoms. The van der Waals surface area contributed by atoms with E-state index in [1.807, 2.05) is 6.92 Å². The molecule has 10 nitrogen and oxygen atoms in total. The molecule has 2 atom stereocenters. The fourth-order valence-electron chi connectivity index (χ4n) is 3.07. The summed E-state index contributed by atoms with van der Waals surface area (Å²) in [6, 6.07) is 5.37. The average molecular weight is 432 g/mol. The summed E-state index contributed by atoms with van der Waals surface area (Å²) in [6.45, 7) is 3.78. The number of aliphatic carboxylic acids is 1. The molecule has 0 saturated carbocycles. The van der Waals surface area contributed by atoms with E-state index in [0.29, 0.717) is 17.8 Å². The number of guanidine groups is 1. The largest absolute Gasteiger partial charge is 0.481 e. The van der Waals surface area contributed by atoms with Crippen LogP contribution in [-0.4, -0.2) is 41.6 Å². The molecule has 1 heterocycles. The van der Waals surface area contributed by atoms with E-state index in [0.717, 1.165) is 23.8 Å². The molecule has 0 fully saturated rings. The standard InChI is InChI=1S/C21H28N4O6/c1-3-5-13-10-18(26)31-17-11-14(7-8-15(13)17)30-12(2)19(27)25-16(20(28)29)6-4-9-24-21(22)23/h7-8,10-12,16H,3-6,9H2,1-2H3,(H,25,27)(H,28,29)(H4,22,23,24)/t12-,16-/m0/s1. The topological polar surface area (TPSA) is 170 Å². The zero-order valence-electron chi connectivity index (χ0n) is 17.6. The summed E-state index contributed by atoms with van der Waals surface area (Å²) in [5.41, 5.74) is 11.3. The van der Waals surface area contributed by atoms with Crippen molar-refractivity contribution in [3.05, 3.63) is 40.2 Å². The highest BCUT2D eigenvalue weighted by Crippen LogP contribution is 2.24. The van der Waals surface area contributed by atoms with Crippen molar-refractivity contribution in [2.45, 2.75) is 51.7 Å². The summed E-state index contributed by atoms with van der Waals surface area (Å²) >= 11 is 0. The van der Waals surface area contributed by atoms with E-state index in [9.17, 15) is 19.5 Å². The minimum absolute atomic E-state index is 0.0778. The minimum Gasteiger partial charge on any atom is -0.481 e. The minimum atomic E-state index is -1.17. The van der Waals surface area contributed by atoms with Gasteiger partial charge in [-0.15, -0.1) is 0 Å². The number of fused-ring (bicyclic) bond motifs is 1. The summed E-state index contributed by atoms with van der Waals surface area (Å²) in [7, 11) is 0. The molecule has 0 unspecified atom stereocenters. The van der Waals surface area contributed by atoms with Crippen molar-refractivity contribution in [1.82, 2.24) is 5.32 Å². The van der Waals surface area contributed by atoms with E-state index in [1.54, 1.807) is 18.2 Å². The number of rotatable bonds is 11. The lowest BCUT2D eigenvalue weighted by Crippen LogP contribution is -2.46. The van der Waals surface area contributed by atoms with Gasteiger partial charge in [-0.1, -0.05) is 13.3 Å². The van der Waals surface area contributed by atoms with Gasteiger partial charge in [0.2, 0.25) is 0 Å². The zero-order chi connectivity index (χ0) is 23.0. The number of benzene rings is 1. The Labute approximate surface area is 179 Å². The van der Waals surface area contributed by atoms with Crippen LogP contribution in [0.2, 0.25) is 0 Å². The lowest BCUT2D eigenvalue weighted by Gasteiger charge is -2.19. The van der Waals surface area contributed by atoms with Crippen LogP contribution in [0.3, 0.4) is 0 Å². The second-order valence-electron chi connectivity index (χ2n) is 7.11. The molecule has 1 amide bonds. The van der Waals surface area contributed by atoms with Crippen LogP contribution < -0.4 is 27.1 Å². The van der Waals surface area contributed by atoms with E-state index in [-0.39, 0.29) is 18.9 Å². The highest BCUT2D eigenvalue weighted by molar-refractivity contribution is 5.86. The summed E-state index contributed by atoms with van der Waals surface area (Å²) < 4.78 is 10.9. The van der Waals surface area contributed by atoms with E-state index in [1.165, 1.54) is 13.0 Å². The predicted octanol–water partition coefficient (Wildman–Crippen LogP) is 1.14. The molecule has 31 heavy (non-hydrogen) atoms. The fourth-order valence-corrected chi connectivity index (χ4v) is 3.07. The Morgan fingerprint density at radius 3 is 2.68 bits per heavy atom. The number of carboxylic acid groups (broad SMARTS) is 1. The van der Waals surface area contributed by atoms with Crippen molar-refractivity contribution >= 4 is 28.8 Å². The maximum atomic E-state index is 12.4. The first kappa shape index (κ1) is 23.7. The summed E-state index contributed by atoms with van der Waals surface area (Å²) in [6.07, 6.45) is 1.19. The number of aryl methyl sites for hydroxylation is 1. The van der Waals surface area contributed by atoms with Crippen molar-refractivity contribution in [3.63, 3.8) is 0 Å². The summed E-state index contributed by atoms with van der Waals surface area (Å²) in [5, 5.41) is 12.6. The number of carboxylic acids is 1. The number of aliphatic imine (C=N–C) groups is 1. The Morgan fingerprint density at radius 1 is 1.29 bits per heavy atom. The Kier molecular flexibility index (Phi) is 8.42. The fraction of sp³-hybridized carbons (Fsp3) is 0.429. The first-order valence-electron chi connectivity index (χ1n) is 10.0. The van der Waals surface area contributed by atoms with E-state index < -0.39 is 29.6 Å². The Bertz CT molecular complexity index is 1010. The molecule has 0 radical (unpaired) electrons. The molecule has 1 aromatic carbocycles. The predicted molar refractivity (Wildman–Crippen MR) is 116 cm³/mol. The van der Waals surface area contributed by atoms with Gasteiger partial charge in [-0.3, -0.25) is 9.79 Å². The number of ether oxygens (including phenoxy) is 1. The van der Waals surface area contributed by atoms with Crippen LogP contribution in [0.25, 0.3) is 11.0 Å². The van der Waals surface area contributed by atoms with Crippen LogP contribution in [-0.2, 0) is 16.0 Å². The summed E-state index contributed by atoms with van der Waals surface area (Å²) in [5.74, 6) is -1.51. The van der Waals surface area contributed by atoms with Crippen LogP contribution in [0.1, 0.15) is 38.7 Å². The maximum absolute atomic E-state index is 12.4. The van der Waals surface area contributed by atoms with Gasteiger partial charge in [-0.25, -0.2) is 9.59 Å². The molecule has 168 valence electrons. The van der Waals surface area contributed by atoms with Gasteiger partial charge in [0.15, 0.2) is 12.1 Å². The van der Waals surface area contributed by atoms with E-state index in [4.69, 9.17) is 20.6 Å². The number of nitrogens with zero attached hydrogens (tertiary/aromatic N) is 1. The molecule has 1 aromatic heterocycles. The second kappa shape index (κ2) is 11.0. The molecule has 2 aromatic rings. The number of nitrogens with two attached hydrogens (primary N) is 2. The first-order chi connectivity index (χ1) is 14.7. The van der Waals surface area contributed by atoms with Gasteiger partial charge in [-0.2, -0.15) is 0 Å². The normalized spacial score (nSPS) is 12.7. The molecule has 0 saturated heterocycles. The lowest BCUT2D eigenvalue weighted by molar-refractivity contribution is -0.143. The van der Waals surface area contributed by atoms with E-state index in [2.05, 4.69) is 10.3 Å². The smallest absolute Gasteiger partial charge is 0.336 e. The van der Waals surface area contributed by atoms with Gasteiger partial charge in [-0.05, 0) is 43.9 Å². The molecule has 6 N–H and O–H groups in total. The monoisotopic (exact) mass is 432 g/mol. The second-order valence-corrected chi connectivity index (χ2v) is 7.11. The number of hydrogen-bond donors (Lipinski definition) is 4. The number of amides is 1. The Balaban J connectivity index is 2.05. The third-order valence-corrected chi connectivity index (χ3v) is 4.56. The van der Waals surface area contributed by atoms with Gasteiger partial charge in [0, 0.05) is 24.1 Å². The van der Waals surface area contributed by atoms with Gasteiger partial charge in [0.1, 0.15) is 17.4 Å². The van der Waals surface area contributed by atoms with Crippen molar-refractivity contribution < 1.29 is 23.8 Å². The molecular weight excluding hydrogens is 404 g/mol. The van der Waals surface area contributed by atoms with Crippen molar-refractivity contribution in [3.8, 4) is 5.75 Å². The zero-order valence-corrected chi connectivity index (χ0v) is 17.6. The first-order valence-corrected chi connectivity index (χ1v) is 10.0. The summed E-state index contributed by atoms with van der Waals surface area (Å²) in [4.78, 5) is 39.4. The van der Waals surface area contributed by atoms with Crippen LogP contribution in [0.5, 0.6) is 5.75 Å². The number of nitrogens with one attached hydrogen (secondary N) is 1. The van der Waals surface area contributed by atoms with Gasteiger partial charge >= 0.3 is 11.6 Å². The van der Waals surface area contributed by atoms with Crippen LogP contribution >= 0.6 is 0 Å². The van der Waals surface area contributed by atoms with Crippen molar-refractivity contribution in [1.29, 1.82) is 0 Å². The average Bonchev–Trinajstić information content (AvgIpc) is 2.69. The number of carbonyl (C=O) groups excluding carboxylic acids is 1. The van der Waals surface area contributed by atoms with Crippen LogP contribution in [0.4, 0.5) is 0 Å². The van der Waals surface area contributed by atoms with Crippen molar-refractivity contribution in [2.75, 3.05) is 6.54 Å². The molecule has 0 aliphatic carbocycles. The SMILES string of the molecule is CCCc1cc(=O)oc2cc(O[C@@H](C)C(=O)N[C@@H](CCCN=C(N)N)C(=O)O)ccc12. The van der Waals surface area contributed by atoms with Gasteiger partial charge in [0.25, 0.3) is 5.91 Å². The molecule has 0 aliphatic heterocycles. The molecule has 2 rings (SSSR count). The maximum Gasteiger partial charge on any atom is 0.336 e. The number of hydrogen-bond acceptors (Lipinski definition) is 6. The number of carbonyl (C=O) groups is 2. The third-order valence-electron chi connectivity index (χ3n) is 4.56. The van der Waals surface area contributed by atoms with E-state index >= 15 is 0 Å². The van der Waals surface area contributed by atoms with Gasteiger partial charge in [0.05, 0.1) is 0 Å². The Hall–Kier alpha value is -3.56. The van der Waals surface area contributed by atoms with Crippen molar-refractivity contribution in [2.24, 2.45) is 16.5 Å². The highest BCUT2D eigenvalue weighted by Gasteiger charge is 2.23. The molecular formula is C21H28N4O6. The molecule has 0 aliphatic rings. The molecule has 10 heteroatoms. The van der Waals surface area contributed by atoms with Gasteiger partial charge < -0.3 is 31.0 Å². The Morgan fingerprint density at radius 2 is 2.03 bits per heavy atom. The highest BCUT2D eigenvalue weighted by atomic mass is 16.5. The molecule has 0 spiro atoms. The van der Waals surface area contributed by atoms with Crippen LogP contribution in [0, 0.1) is 0 Å². The van der Waals surface area contributed by atoms with Crippen LogP contribution in [0.15, 0.2) is 38.5 Å².